The molecule has 2 aliphatic rings. The molecule has 0 radical (unpaired) electrons. The van der Waals surface area contributed by atoms with Gasteiger partial charge in [-0.1, -0.05) is 58.9 Å². The zero-order valence-electron chi connectivity index (χ0n) is 15.0. The minimum Gasteiger partial charge on any atom is -0.354 e. The summed E-state index contributed by atoms with van der Waals surface area (Å²) in [5, 5.41) is 3.15. The van der Waals surface area contributed by atoms with E-state index in [-0.39, 0.29) is 0 Å². The van der Waals surface area contributed by atoms with Crippen LogP contribution in [0.5, 0.6) is 0 Å². The van der Waals surface area contributed by atoms with E-state index in [4.69, 9.17) is 51.1 Å². The van der Waals surface area contributed by atoms with Gasteiger partial charge in [0, 0.05) is 16.6 Å². The van der Waals surface area contributed by atoms with Crippen molar-refractivity contribution in [2.24, 2.45) is 5.92 Å². The predicted molar refractivity (Wildman–Crippen MR) is 111 cm³/mol. The Hall–Kier alpha value is -0.230. The number of carbonyl (C=O) groups is 1. The lowest BCUT2D eigenvalue weighted by molar-refractivity contribution is -0.0325. The number of carbonyl (C=O) groups excluding carboxylic acids is 1. The zero-order valence-corrected chi connectivity index (χ0v) is 18.0. The minimum absolute atomic E-state index is 0.386. The molecule has 3 atom stereocenters. The van der Waals surface area contributed by atoms with Gasteiger partial charge in [0.1, 0.15) is 0 Å². The van der Waals surface area contributed by atoms with Gasteiger partial charge in [0.05, 0.1) is 6.61 Å². The van der Waals surface area contributed by atoms with E-state index in [0.717, 1.165) is 25.9 Å². The van der Waals surface area contributed by atoms with Crippen LogP contribution in [0.4, 0.5) is 0 Å². The average molecular weight is 454 g/mol. The maximum Gasteiger partial charge on any atom is 0.253 e. The summed E-state index contributed by atoms with van der Waals surface area (Å²) in [4.78, 5) is 15.1. The van der Waals surface area contributed by atoms with Gasteiger partial charge in [0.15, 0.2) is 6.23 Å². The lowest BCUT2D eigenvalue weighted by atomic mass is 9.84. The Morgan fingerprint density at radius 2 is 2.00 bits per heavy atom. The first-order chi connectivity index (χ1) is 12.8. The highest BCUT2D eigenvalue weighted by Crippen LogP contribution is 2.34. The third kappa shape index (κ3) is 5.88. The topological polar surface area (TPSA) is 41.6 Å². The van der Waals surface area contributed by atoms with Gasteiger partial charge in [-0.2, -0.15) is 0 Å². The SMILES string of the molecule is O=C(N[C@@H](OC[C@@H]1CCCN2CCCC[C@H]12)C(Cl)(Cl)Cl)c1cccc(Cl)c1. The Labute approximate surface area is 180 Å². The summed E-state index contributed by atoms with van der Waals surface area (Å²) in [6.45, 7) is 2.76. The number of hydrogen-bond donors (Lipinski definition) is 1. The quantitative estimate of drug-likeness (QED) is 0.501. The van der Waals surface area contributed by atoms with Crippen LogP contribution in [0.2, 0.25) is 5.02 Å². The van der Waals surface area contributed by atoms with Crippen molar-refractivity contribution in [2.75, 3.05) is 19.7 Å². The van der Waals surface area contributed by atoms with Gasteiger partial charge in [0.2, 0.25) is 3.79 Å². The highest BCUT2D eigenvalue weighted by molar-refractivity contribution is 6.68. The van der Waals surface area contributed by atoms with Crippen LogP contribution in [0.3, 0.4) is 0 Å². The molecule has 1 aromatic carbocycles. The molecule has 2 heterocycles. The zero-order chi connectivity index (χ0) is 19.4. The smallest absolute Gasteiger partial charge is 0.253 e. The number of fused-ring (bicyclic) bond motifs is 1. The fourth-order valence-electron chi connectivity index (χ4n) is 4.04. The largest absolute Gasteiger partial charge is 0.354 e. The lowest BCUT2D eigenvalue weighted by Gasteiger charge is -2.44. The standard InChI is InChI=1S/C19H24Cl4N2O2/c20-15-7-3-5-13(11-15)17(26)24-18(19(21,22)23)27-12-14-6-4-10-25-9-2-1-8-16(14)25/h3,5,7,11,14,16,18H,1-2,4,6,8-10,12H2,(H,24,26)/t14-,16+,18-/m0/s1. The lowest BCUT2D eigenvalue weighted by Crippen LogP contribution is -2.51. The van der Waals surface area contributed by atoms with Gasteiger partial charge in [-0.05, 0) is 62.9 Å². The Morgan fingerprint density at radius 3 is 2.74 bits per heavy atom. The van der Waals surface area contributed by atoms with E-state index in [2.05, 4.69) is 10.2 Å². The molecule has 0 spiro atoms. The third-order valence-electron chi connectivity index (χ3n) is 5.35. The van der Waals surface area contributed by atoms with Crippen molar-refractivity contribution in [3.63, 3.8) is 0 Å². The number of alkyl halides is 3. The van der Waals surface area contributed by atoms with E-state index >= 15 is 0 Å². The molecule has 0 aromatic heterocycles. The van der Waals surface area contributed by atoms with Gasteiger partial charge in [0.25, 0.3) is 5.91 Å². The van der Waals surface area contributed by atoms with Gasteiger partial charge < -0.3 is 15.0 Å². The van der Waals surface area contributed by atoms with Crippen molar-refractivity contribution in [1.82, 2.24) is 10.2 Å². The molecule has 0 aliphatic carbocycles. The summed E-state index contributed by atoms with van der Waals surface area (Å²) in [5.74, 6) is -0.00580. The number of halogens is 4. The molecule has 0 bridgehead atoms. The van der Waals surface area contributed by atoms with E-state index in [9.17, 15) is 4.79 Å². The van der Waals surface area contributed by atoms with Gasteiger partial charge in [-0.15, -0.1) is 0 Å². The summed E-state index contributed by atoms with van der Waals surface area (Å²) in [6.07, 6.45) is 4.90. The van der Waals surface area contributed by atoms with Crippen molar-refractivity contribution in [1.29, 1.82) is 0 Å². The Bertz CT molecular complexity index is 651. The molecule has 27 heavy (non-hydrogen) atoms. The molecule has 150 valence electrons. The van der Waals surface area contributed by atoms with E-state index in [1.54, 1.807) is 24.3 Å². The molecular weight excluding hydrogens is 430 g/mol. The third-order valence-corrected chi connectivity index (χ3v) is 6.18. The normalized spacial score (nSPS) is 24.9. The molecule has 3 rings (SSSR count). The maximum absolute atomic E-state index is 12.5. The Kier molecular flexibility index (Phi) is 7.57. The van der Waals surface area contributed by atoms with E-state index in [1.807, 2.05) is 0 Å². The molecular formula is C19H24Cl4N2O2. The fraction of sp³-hybridized carbons (Fsp3) is 0.632. The average Bonchev–Trinajstić information content (AvgIpc) is 2.64. The van der Waals surface area contributed by atoms with Crippen molar-refractivity contribution in [2.45, 2.75) is 48.2 Å². The Morgan fingerprint density at radius 1 is 1.22 bits per heavy atom. The highest BCUT2D eigenvalue weighted by Gasteiger charge is 2.38. The molecule has 1 N–H and O–H groups in total. The van der Waals surface area contributed by atoms with E-state index < -0.39 is 15.9 Å². The van der Waals surface area contributed by atoms with Crippen LogP contribution >= 0.6 is 46.4 Å². The summed E-state index contributed by atoms with van der Waals surface area (Å²) in [5.41, 5.74) is 0.390. The molecule has 2 saturated heterocycles. The first-order valence-electron chi connectivity index (χ1n) is 9.33. The molecule has 2 aliphatic heterocycles. The van der Waals surface area contributed by atoms with Crippen molar-refractivity contribution < 1.29 is 9.53 Å². The van der Waals surface area contributed by atoms with Crippen LogP contribution in [-0.2, 0) is 4.74 Å². The van der Waals surface area contributed by atoms with Crippen molar-refractivity contribution in [3.05, 3.63) is 34.9 Å². The number of piperidine rings is 2. The first kappa shape index (κ1) is 21.5. The van der Waals surface area contributed by atoms with Crippen LogP contribution in [0, 0.1) is 5.92 Å². The van der Waals surface area contributed by atoms with Crippen molar-refractivity contribution in [3.8, 4) is 0 Å². The molecule has 4 nitrogen and oxygen atoms in total. The predicted octanol–water partition coefficient (Wildman–Crippen LogP) is 5.05. The molecule has 8 heteroatoms. The molecule has 1 amide bonds. The van der Waals surface area contributed by atoms with Crippen LogP contribution in [0.25, 0.3) is 0 Å². The fourth-order valence-corrected chi connectivity index (χ4v) is 4.58. The molecule has 0 unspecified atom stereocenters. The molecule has 1 aromatic rings. The number of benzene rings is 1. The van der Waals surface area contributed by atoms with Gasteiger partial charge in [-0.3, -0.25) is 4.79 Å². The number of ether oxygens (including phenoxy) is 1. The second kappa shape index (κ2) is 9.51. The first-order valence-corrected chi connectivity index (χ1v) is 10.8. The summed E-state index contributed by atoms with van der Waals surface area (Å²) >= 11 is 24.2. The van der Waals surface area contributed by atoms with E-state index in [1.165, 1.54) is 19.3 Å². The number of nitrogens with zero attached hydrogens (tertiary/aromatic N) is 1. The van der Waals surface area contributed by atoms with Crippen molar-refractivity contribution >= 4 is 52.3 Å². The number of rotatable bonds is 5. The highest BCUT2D eigenvalue weighted by atomic mass is 35.6. The van der Waals surface area contributed by atoms with Crippen LogP contribution in [0.15, 0.2) is 24.3 Å². The number of amides is 1. The number of nitrogens with one attached hydrogen (secondary N) is 1. The molecule has 2 fully saturated rings. The van der Waals surface area contributed by atoms with Crippen LogP contribution in [-0.4, -0.2) is 46.6 Å². The number of hydrogen-bond acceptors (Lipinski definition) is 3. The summed E-state index contributed by atoms with van der Waals surface area (Å²) < 4.78 is 4.16. The van der Waals surface area contributed by atoms with Crippen LogP contribution < -0.4 is 5.32 Å². The second-order valence-electron chi connectivity index (χ2n) is 7.24. The van der Waals surface area contributed by atoms with Gasteiger partial charge in [-0.25, -0.2) is 0 Å². The second-order valence-corrected chi connectivity index (χ2v) is 10.0. The van der Waals surface area contributed by atoms with Crippen LogP contribution in [0.1, 0.15) is 42.5 Å². The molecule has 0 saturated carbocycles. The maximum atomic E-state index is 12.5. The Balaban J connectivity index is 1.62. The summed E-state index contributed by atoms with van der Waals surface area (Å²) in [6, 6.07) is 7.13. The summed E-state index contributed by atoms with van der Waals surface area (Å²) in [7, 11) is 0. The van der Waals surface area contributed by atoms with E-state index in [0.29, 0.717) is 29.2 Å². The monoisotopic (exact) mass is 452 g/mol. The minimum atomic E-state index is -1.77. The van der Waals surface area contributed by atoms with Gasteiger partial charge >= 0.3 is 0 Å².